The first-order chi connectivity index (χ1) is 9.35. The number of rotatable bonds is 3. The highest BCUT2D eigenvalue weighted by Gasteiger charge is 2.28. The molecule has 1 aromatic carbocycles. The van der Waals surface area contributed by atoms with Gasteiger partial charge >= 0.3 is 0 Å². The zero-order valence-electron chi connectivity index (χ0n) is 12.1. The summed E-state index contributed by atoms with van der Waals surface area (Å²) in [5.74, 6) is -0.387. The molecule has 20 heavy (non-hydrogen) atoms. The van der Waals surface area contributed by atoms with Gasteiger partial charge in [0.1, 0.15) is 0 Å². The Morgan fingerprint density at radius 1 is 1.10 bits per heavy atom. The van der Waals surface area contributed by atoms with E-state index in [1.165, 1.54) is 11.9 Å². The number of imide groups is 1. The molecule has 1 aliphatic heterocycles. The van der Waals surface area contributed by atoms with Crippen molar-refractivity contribution < 1.29 is 14.7 Å². The molecule has 5 nitrogen and oxygen atoms in total. The summed E-state index contributed by atoms with van der Waals surface area (Å²) in [6, 6.07) is 7.63. The van der Waals surface area contributed by atoms with Gasteiger partial charge in [0, 0.05) is 18.2 Å². The Labute approximate surface area is 118 Å². The van der Waals surface area contributed by atoms with Crippen LogP contribution >= 0.6 is 0 Å². The van der Waals surface area contributed by atoms with Crippen molar-refractivity contribution in [2.24, 2.45) is 0 Å². The zero-order valence-corrected chi connectivity index (χ0v) is 12.1. The van der Waals surface area contributed by atoms with Crippen molar-refractivity contribution in [1.82, 2.24) is 4.90 Å². The van der Waals surface area contributed by atoms with Crippen LogP contribution in [-0.2, 0) is 15.0 Å². The van der Waals surface area contributed by atoms with Crippen LogP contribution < -0.4 is 4.90 Å². The molecule has 1 aliphatic rings. The molecule has 0 aromatic heterocycles. The van der Waals surface area contributed by atoms with E-state index in [-0.39, 0.29) is 36.9 Å². The number of amides is 2. The number of hydrogen-bond acceptors (Lipinski definition) is 4. The predicted octanol–water partition coefficient (Wildman–Crippen LogP) is 0.761. The topological polar surface area (TPSA) is 60.9 Å². The third kappa shape index (κ3) is 2.67. The first-order valence-electron chi connectivity index (χ1n) is 6.61. The summed E-state index contributed by atoms with van der Waals surface area (Å²) < 4.78 is 0. The number of piperazine rings is 1. The van der Waals surface area contributed by atoms with Crippen molar-refractivity contribution in [2.75, 3.05) is 31.6 Å². The van der Waals surface area contributed by atoms with E-state index in [1.54, 1.807) is 4.90 Å². The van der Waals surface area contributed by atoms with Gasteiger partial charge in [0.05, 0.1) is 19.7 Å². The largest absolute Gasteiger partial charge is 0.395 e. The number of likely N-dealkylation sites (N-methyl/N-ethyl adjacent to an activating group) is 1. The summed E-state index contributed by atoms with van der Waals surface area (Å²) in [7, 11) is 1.51. The second-order valence-corrected chi connectivity index (χ2v) is 5.79. The van der Waals surface area contributed by atoms with E-state index in [0.717, 1.165) is 11.3 Å². The molecule has 0 atom stereocenters. The molecule has 5 heteroatoms. The smallest absolute Gasteiger partial charge is 0.248 e. The van der Waals surface area contributed by atoms with Gasteiger partial charge in [0.2, 0.25) is 11.8 Å². The highest BCUT2D eigenvalue weighted by molar-refractivity contribution is 6.02. The maximum Gasteiger partial charge on any atom is 0.248 e. The lowest BCUT2D eigenvalue weighted by molar-refractivity contribution is -0.143. The van der Waals surface area contributed by atoms with Gasteiger partial charge in [-0.3, -0.25) is 14.5 Å². The fraction of sp³-hybridized carbons (Fsp3) is 0.467. The molecular weight excluding hydrogens is 256 g/mol. The van der Waals surface area contributed by atoms with Gasteiger partial charge in [0.15, 0.2) is 0 Å². The Morgan fingerprint density at radius 3 is 2.05 bits per heavy atom. The average Bonchev–Trinajstić information content (AvgIpc) is 2.44. The van der Waals surface area contributed by atoms with Gasteiger partial charge in [-0.05, 0) is 17.7 Å². The monoisotopic (exact) mass is 276 g/mol. The third-order valence-electron chi connectivity index (χ3n) is 3.81. The molecule has 1 aromatic rings. The summed E-state index contributed by atoms with van der Waals surface area (Å²) in [5, 5.41) is 9.36. The average molecular weight is 276 g/mol. The van der Waals surface area contributed by atoms with Crippen molar-refractivity contribution in [3.8, 4) is 0 Å². The van der Waals surface area contributed by atoms with Crippen molar-refractivity contribution in [3.05, 3.63) is 29.8 Å². The molecule has 1 fully saturated rings. The maximum absolute atomic E-state index is 11.7. The van der Waals surface area contributed by atoms with Gasteiger partial charge in [-0.15, -0.1) is 0 Å². The van der Waals surface area contributed by atoms with E-state index in [4.69, 9.17) is 0 Å². The number of aliphatic hydroxyl groups excluding tert-OH is 1. The maximum atomic E-state index is 11.7. The van der Waals surface area contributed by atoms with Crippen LogP contribution in [0.3, 0.4) is 0 Å². The Hall–Kier alpha value is -1.88. The molecule has 1 N–H and O–H groups in total. The molecule has 0 aliphatic carbocycles. The molecule has 0 spiro atoms. The standard InChI is InChI=1S/C15H20N2O3/c1-15(2,10-18)11-4-6-12(7-5-11)17-8-13(19)16(3)14(20)9-17/h4-7,18H,8-10H2,1-3H3. The van der Waals surface area contributed by atoms with E-state index in [9.17, 15) is 14.7 Å². The van der Waals surface area contributed by atoms with Crippen LogP contribution in [0.5, 0.6) is 0 Å². The lowest BCUT2D eigenvalue weighted by Crippen LogP contribution is -2.52. The minimum absolute atomic E-state index is 0.0673. The molecule has 2 amide bonds. The quantitative estimate of drug-likeness (QED) is 0.828. The summed E-state index contributed by atoms with van der Waals surface area (Å²) >= 11 is 0. The minimum atomic E-state index is -0.299. The van der Waals surface area contributed by atoms with Crippen LogP contribution in [-0.4, -0.2) is 48.6 Å². The van der Waals surface area contributed by atoms with Gasteiger partial charge in [-0.25, -0.2) is 0 Å². The molecule has 0 bridgehead atoms. The number of carbonyl (C=O) groups is 2. The van der Waals surface area contributed by atoms with Crippen LogP contribution in [0.1, 0.15) is 19.4 Å². The van der Waals surface area contributed by atoms with Crippen LogP contribution in [0.2, 0.25) is 0 Å². The molecule has 0 radical (unpaired) electrons. The lowest BCUT2D eigenvalue weighted by Gasteiger charge is -2.32. The van der Waals surface area contributed by atoms with Crippen LogP contribution in [0.15, 0.2) is 24.3 Å². The Kier molecular flexibility index (Phi) is 3.81. The summed E-state index contributed by atoms with van der Waals surface area (Å²) in [5.41, 5.74) is 1.57. The SMILES string of the molecule is CN1C(=O)CN(c2ccc(C(C)(C)CO)cc2)CC1=O. The predicted molar refractivity (Wildman–Crippen MR) is 76.5 cm³/mol. The molecule has 1 heterocycles. The molecule has 2 rings (SSSR count). The Balaban J connectivity index is 2.19. The van der Waals surface area contributed by atoms with E-state index >= 15 is 0 Å². The lowest BCUT2D eigenvalue weighted by atomic mass is 9.85. The van der Waals surface area contributed by atoms with Crippen LogP contribution in [0.25, 0.3) is 0 Å². The Bertz CT molecular complexity index is 504. The van der Waals surface area contributed by atoms with Crippen LogP contribution in [0, 0.1) is 0 Å². The minimum Gasteiger partial charge on any atom is -0.395 e. The molecule has 1 saturated heterocycles. The molecule has 0 saturated carbocycles. The fourth-order valence-electron chi connectivity index (χ4n) is 2.13. The normalized spacial score (nSPS) is 16.8. The number of aliphatic hydroxyl groups is 1. The van der Waals surface area contributed by atoms with Gasteiger partial charge in [-0.2, -0.15) is 0 Å². The van der Waals surface area contributed by atoms with Crippen molar-refractivity contribution in [2.45, 2.75) is 19.3 Å². The van der Waals surface area contributed by atoms with Gasteiger partial charge < -0.3 is 10.0 Å². The first-order valence-corrected chi connectivity index (χ1v) is 6.61. The summed E-state index contributed by atoms with van der Waals surface area (Å²) in [4.78, 5) is 26.3. The number of benzene rings is 1. The highest BCUT2D eigenvalue weighted by atomic mass is 16.3. The van der Waals surface area contributed by atoms with Crippen molar-refractivity contribution in [1.29, 1.82) is 0 Å². The summed E-state index contributed by atoms with van der Waals surface area (Å²) in [6.45, 7) is 4.42. The Morgan fingerprint density at radius 2 is 1.60 bits per heavy atom. The second kappa shape index (κ2) is 5.25. The highest BCUT2D eigenvalue weighted by Crippen LogP contribution is 2.25. The van der Waals surface area contributed by atoms with E-state index in [2.05, 4.69) is 0 Å². The number of nitrogens with zero attached hydrogens (tertiary/aromatic N) is 2. The van der Waals surface area contributed by atoms with Crippen molar-refractivity contribution >= 4 is 17.5 Å². The van der Waals surface area contributed by atoms with Gasteiger partial charge in [-0.1, -0.05) is 26.0 Å². The number of hydrogen-bond donors (Lipinski definition) is 1. The van der Waals surface area contributed by atoms with E-state index in [0.29, 0.717) is 0 Å². The zero-order chi connectivity index (χ0) is 14.9. The summed E-state index contributed by atoms with van der Waals surface area (Å²) in [6.07, 6.45) is 0. The molecule has 0 unspecified atom stereocenters. The van der Waals surface area contributed by atoms with Crippen LogP contribution in [0.4, 0.5) is 5.69 Å². The number of carbonyl (C=O) groups excluding carboxylic acids is 2. The van der Waals surface area contributed by atoms with Crippen molar-refractivity contribution in [3.63, 3.8) is 0 Å². The number of anilines is 1. The molecular formula is C15H20N2O3. The second-order valence-electron chi connectivity index (χ2n) is 5.79. The van der Waals surface area contributed by atoms with E-state index < -0.39 is 0 Å². The first kappa shape index (κ1) is 14.5. The third-order valence-corrected chi connectivity index (χ3v) is 3.81. The van der Waals surface area contributed by atoms with E-state index in [1.807, 2.05) is 38.1 Å². The fourth-order valence-corrected chi connectivity index (χ4v) is 2.13. The molecule has 108 valence electrons. The van der Waals surface area contributed by atoms with Gasteiger partial charge in [0.25, 0.3) is 0 Å².